The van der Waals surface area contributed by atoms with Gasteiger partial charge in [-0.15, -0.1) is 0 Å². The van der Waals surface area contributed by atoms with Crippen LogP contribution in [-0.4, -0.2) is 38.9 Å². The van der Waals surface area contributed by atoms with E-state index in [9.17, 15) is 4.79 Å². The molecule has 21 heavy (non-hydrogen) atoms. The lowest BCUT2D eigenvalue weighted by molar-refractivity contribution is -0.117. The predicted octanol–water partition coefficient (Wildman–Crippen LogP) is 2.87. The van der Waals surface area contributed by atoms with Crippen LogP contribution in [0.5, 0.6) is 5.75 Å². The lowest BCUT2D eigenvalue weighted by Gasteiger charge is -2.12. The highest BCUT2D eigenvalue weighted by molar-refractivity contribution is 6.31. The molecule has 1 amide bonds. The normalized spacial score (nSPS) is 17.7. The molecule has 116 valence electrons. The number of benzene rings is 1. The summed E-state index contributed by atoms with van der Waals surface area (Å²) in [6.45, 7) is 1.73. The number of methoxy groups -OCH3 is 1. The number of hydrogen-bond donors (Lipinski definition) is 1. The quantitative estimate of drug-likeness (QED) is 0.786. The van der Waals surface area contributed by atoms with Gasteiger partial charge in [0.25, 0.3) is 0 Å². The van der Waals surface area contributed by atoms with Crippen molar-refractivity contribution < 1.29 is 19.0 Å². The van der Waals surface area contributed by atoms with E-state index in [4.69, 9.17) is 25.8 Å². The minimum Gasteiger partial charge on any atom is -0.495 e. The molecule has 1 saturated heterocycles. The van der Waals surface area contributed by atoms with Crippen molar-refractivity contribution in [3.05, 3.63) is 23.2 Å². The molecule has 1 fully saturated rings. The highest BCUT2D eigenvalue weighted by atomic mass is 35.5. The highest BCUT2D eigenvalue weighted by Gasteiger charge is 2.15. The number of halogens is 1. The summed E-state index contributed by atoms with van der Waals surface area (Å²) in [5.41, 5.74) is 0.564. The molecule has 1 heterocycles. The first-order chi connectivity index (χ1) is 10.2. The van der Waals surface area contributed by atoms with Crippen molar-refractivity contribution in [3.63, 3.8) is 0 Å². The summed E-state index contributed by atoms with van der Waals surface area (Å²) >= 11 is 5.91. The summed E-state index contributed by atoms with van der Waals surface area (Å²) in [7, 11) is 1.55. The van der Waals surface area contributed by atoms with Gasteiger partial charge in [0.1, 0.15) is 5.75 Å². The monoisotopic (exact) mass is 313 g/mol. The second kappa shape index (κ2) is 8.22. The van der Waals surface area contributed by atoms with Gasteiger partial charge in [0, 0.05) is 11.6 Å². The lowest BCUT2D eigenvalue weighted by Crippen LogP contribution is -2.18. The average Bonchev–Trinajstić information content (AvgIpc) is 2.97. The van der Waals surface area contributed by atoms with E-state index in [1.807, 2.05) is 0 Å². The molecule has 6 heteroatoms. The Bertz CT molecular complexity index is 475. The molecular formula is C15H20ClNO4. The predicted molar refractivity (Wildman–Crippen MR) is 81.0 cm³/mol. The Morgan fingerprint density at radius 2 is 2.38 bits per heavy atom. The van der Waals surface area contributed by atoms with Gasteiger partial charge in [0.15, 0.2) is 0 Å². The van der Waals surface area contributed by atoms with Crippen molar-refractivity contribution in [2.45, 2.75) is 25.4 Å². The van der Waals surface area contributed by atoms with Gasteiger partial charge in [0.05, 0.1) is 38.5 Å². The van der Waals surface area contributed by atoms with Crippen LogP contribution >= 0.6 is 11.6 Å². The van der Waals surface area contributed by atoms with Crippen molar-refractivity contribution in [2.24, 2.45) is 0 Å². The Hall–Kier alpha value is -1.30. The molecule has 2 rings (SSSR count). The molecule has 1 aromatic rings. The van der Waals surface area contributed by atoms with Crippen LogP contribution in [-0.2, 0) is 14.3 Å². The molecule has 0 saturated carbocycles. The first kappa shape index (κ1) is 16.1. The van der Waals surface area contributed by atoms with Crippen LogP contribution in [0.1, 0.15) is 19.3 Å². The van der Waals surface area contributed by atoms with E-state index >= 15 is 0 Å². The number of amides is 1. The number of rotatable bonds is 7. The topological polar surface area (TPSA) is 56.8 Å². The van der Waals surface area contributed by atoms with E-state index in [1.165, 1.54) is 0 Å². The first-order valence-electron chi connectivity index (χ1n) is 7.02. The van der Waals surface area contributed by atoms with Gasteiger partial charge in [-0.1, -0.05) is 11.6 Å². The number of ether oxygens (including phenoxy) is 3. The third kappa shape index (κ3) is 5.19. The second-order valence-electron chi connectivity index (χ2n) is 4.85. The van der Waals surface area contributed by atoms with E-state index in [0.29, 0.717) is 29.7 Å². The molecule has 1 unspecified atom stereocenters. The molecule has 1 aliphatic rings. The fourth-order valence-electron chi connectivity index (χ4n) is 2.15. The van der Waals surface area contributed by atoms with Crippen molar-refractivity contribution in [1.82, 2.24) is 0 Å². The Morgan fingerprint density at radius 1 is 1.52 bits per heavy atom. The zero-order valence-corrected chi connectivity index (χ0v) is 12.8. The van der Waals surface area contributed by atoms with Crippen LogP contribution in [0.2, 0.25) is 5.02 Å². The Morgan fingerprint density at radius 3 is 3.10 bits per heavy atom. The van der Waals surface area contributed by atoms with Crippen molar-refractivity contribution >= 4 is 23.2 Å². The number of carbonyl (C=O) groups excluding carboxylic acids is 1. The maximum Gasteiger partial charge on any atom is 0.226 e. The summed E-state index contributed by atoms with van der Waals surface area (Å²) in [4.78, 5) is 11.9. The molecule has 5 nitrogen and oxygen atoms in total. The molecule has 0 aliphatic carbocycles. The highest BCUT2D eigenvalue weighted by Crippen LogP contribution is 2.27. The van der Waals surface area contributed by atoms with Gasteiger partial charge in [-0.3, -0.25) is 4.79 Å². The van der Waals surface area contributed by atoms with E-state index < -0.39 is 0 Å². The Balaban J connectivity index is 1.72. The molecular weight excluding hydrogens is 294 g/mol. The smallest absolute Gasteiger partial charge is 0.226 e. The number of nitrogens with one attached hydrogen (secondary N) is 1. The summed E-state index contributed by atoms with van der Waals surface area (Å²) < 4.78 is 16.1. The first-order valence-corrected chi connectivity index (χ1v) is 7.39. The minimum absolute atomic E-state index is 0.136. The van der Waals surface area contributed by atoms with Crippen LogP contribution in [0.3, 0.4) is 0 Å². The largest absolute Gasteiger partial charge is 0.495 e. The van der Waals surface area contributed by atoms with Crippen LogP contribution in [0.25, 0.3) is 0 Å². The van der Waals surface area contributed by atoms with Crippen molar-refractivity contribution in [3.8, 4) is 5.75 Å². The molecule has 1 N–H and O–H groups in total. The van der Waals surface area contributed by atoms with Crippen LogP contribution in [0, 0.1) is 0 Å². The van der Waals surface area contributed by atoms with Gasteiger partial charge >= 0.3 is 0 Å². The number of anilines is 1. The van der Waals surface area contributed by atoms with Crippen LogP contribution in [0.15, 0.2) is 18.2 Å². The summed E-state index contributed by atoms with van der Waals surface area (Å²) in [5.74, 6) is 0.441. The number of carbonyl (C=O) groups is 1. The van der Waals surface area contributed by atoms with Gasteiger partial charge in [-0.25, -0.2) is 0 Å². The van der Waals surface area contributed by atoms with Gasteiger partial charge < -0.3 is 19.5 Å². The molecule has 0 spiro atoms. The second-order valence-corrected chi connectivity index (χ2v) is 5.29. The third-order valence-electron chi connectivity index (χ3n) is 3.24. The molecule has 0 radical (unpaired) electrons. The average molecular weight is 314 g/mol. The molecule has 0 aromatic heterocycles. The molecule has 1 aromatic carbocycles. The molecule has 1 aliphatic heterocycles. The summed E-state index contributed by atoms with van der Waals surface area (Å²) in [5, 5.41) is 3.31. The maximum absolute atomic E-state index is 11.9. The lowest BCUT2D eigenvalue weighted by atomic mass is 10.2. The third-order valence-corrected chi connectivity index (χ3v) is 3.47. The van der Waals surface area contributed by atoms with Crippen molar-refractivity contribution in [1.29, 1.82) is 0 Å². The van der Waals surface area contributed by atoms with E-state index in [1.54, 1.807) is 25.3 Å². The van der Waals surface area contributed by atoms with Gasteiger partial charge in [-0.2, -0.15) is 0 Å². The van der Waals surface area contributed by atoms with Gasteiger partial charge in [-0.05, 0) is 31.0 Å². The van der Waals surface area contributed by atoms with E-state index in [-0.39, 0.29) is 18.4 Å². The minimum atomic E-state index is -0.136. The van der Waals surface area contributed by atoms with Crippen LogP contribution in [0.4, 0.5) is 5.69 Å². The fraction of sp³-hybridized carbons (Fsp3) is 0.533. The van der Waals surface area contributed by atoms with Crippen LogP contribution < -0.4 is 10.1 Å². The molecule has 0 bridgehead atoms. The number of hydrogen-bond acceptors (Lipinski definition) is 4. The molecule has 1 atom stereocenters. The van der Waals surface area contributed by atoms with E-state index in [0.717, 1.165) is 19.4 Å². The SMILES string of the molecule is COc1ccc(Cl)cc1NC(=O)CCOCC1CCCO1. The zero-order valence-electron chi connectivity index (χ0n) is 12.1. The maximum atomic E-state index is 11.9. The van der Waals surface area contributed by atoms with Crippen molar-refractivity contribution in [2.75, 3.05) is 32.2 Å². The summed E-state index contributed by atoms with van der Waals surface area (Å²) in [6, 6.07) is 5.08. The summed E-state index contributed by atoms with van der Waals surface area (Å²) in [6.07, 6.45) is 2.58. The Labute approximate surface area is 129 Å². The standard InChI is InChI=1S/C15H20ClNO4/c1-19-14-5-4-11(16)9-13(14)17-15(18)6-8-20-10-12-3-2-7-21-12/h4-5,9,12H,2-3,6-8,10H2,1H3,(H,17,18). The van der Waals surface area contributed by atoms with Gasteiger partial charge in [0.2, 0.25) is 5.91 Å². The Kier molecular flexibility index (Phi) is 6.29. The zero-order chi connectivity index (χ0) is 15.1. The fourth-order valence-corrected chi connectivity index (χ4v) is 2.32. The van der Waals surface area contributed by atoms with E-state index in [2.05, 4.69) is 5.32 Å².